The number of fused-ring (bicyclic) bond motifs is 1. The molecule has 0 aliphatic carbocycles. The standard InChI is InChI=1S/C20H21O3P/c1-16(19-12-11-18-9-5-6-10-20(18)13-19)14-23-24(21,22)15-17-7-3-2-4-8-17/h2-13,16H,14-15H2,1H3,(H,21,22). The van der Waals surface area contributed by atoms with Crippen LogP contribution >= 0.6 is 7.60 Å². The Morgan fingerprint density at radius 3 is 2.38 bits per heavy atom. The van der Waals surface area contributed by atoms with Crippen molar-refractivity contribution in [1.82, 2.24) is 0 Å². The zero-order valence-electron chi connectivity index (χ0n) is 13.6. The molecule has 3 rings (SSSR count). The van der Waals surface area contributed by atoms with Crippen LogP contribution in [0.15, 0.2) is 72.8 Å². The molecule has 0 aliphatic rings. The molecule has 0 spiro atoms. The molecular weight excluding hydrogens is 319 g/mol. The van der Waals surface area contributed by atoms with Gasteiger partial charge in [-0.15, -0.1) is 0 Å². The Kier molecular flexibility index (Phi) is 5.15. The van der Waals surface area contributed by atoms with Crippen molar-refractivity contribution >= 4 is 18.4 Å². The van der Waals surface area contributed by atoms with Crippen molar-refractivity contribution in [3.8, 4) is 0 Å². The Morgan fingerprint density at radius 1 is 0.958 bits per heavy atom. The van der Waals surface area contributed by atoms with Gasteiger partial charge in [0.1, 0.15) is 0 Å². The fourth-order valence-corrected chi connectivity index (χ4v) is 3.92. The maximum absolute atomic E-state index is 12.3. The first-order valence-electron chi connectivity index (χ1n) is 8.02. The van der Waals surface area contributed by atoms with Gasteiger partial charge in [0.25, 0.3) is 0 Å². The zero-order chi connectivity index (χ0) is 17.0. The second-order valence-electron chi connectivity index (χ2n) is 6.08. The highest BCUT2D eigenvalue weighted by Gasteiger charge is 2.21. The molecule has 0 amide bonds. The van der Waals surface area contributed by atoms with Crippen molar-refractivity contribution in [2.75, 3.05) is 6.61 Å². The van der Waals surface area contributed by atoms with E-state index in [1.807, 2.05) is 49.4 Å². The molecule has 3 aromatic carbocycles. The predicted molar refractivity (Wildman–Crippen MR) is 98.3 cm³/mol. The first-order chi connectivity index (χ1) is 11.5. The third-order valence-corrected chi connectivity index (χ3v) is 5.41. The van der Waals surface area contributed by atoms with Crippen LogP contribution in [-0.2, 0) is 15.3 Å². The van der Waals surface area contributed by atoms with E-state index in [-0.39, 0.29) is 18.7 Å². The van der Waals surface area contributed by atoms with Gasteiger partial charge in [0.15, 0.2) is 0 Å². The van der Waals surface area contributed by atoms with Gasteiger partial charge in [0.05, 0.1) is 12.8 Å². The van der Waals surface area contributed by atoms with Gasteiger partial charge >= 0.3 is 7.60 Å². The lowest BCUT2D eigenvalue weighted by Gasteiger charge is -2.17. The summed E-state index contributed by atoms with van der Waals surface area (Å²) in [5.41, 5.74) is 1.91. The smallest absolute Gasteiger partial charge is 0.324 e. The summed E-state index contributed by atoms with van der Waals surface area (Å²) in [6.07, 6.45) is 0.0400. The van der Waals surface area contributed by atoms with Crippen molar-refractivity contribution in [2.45, 2.75) is 19.0 Å². The summed E-state index contributed by atoms with van der Waals surface area (Å²) in [7, 11) is -3.64. The molecule has 4 heteroatoms. The van der Waals surface area contributed by atoms with E-state index in [9.17, 15) is 9.46 Å². The molecular formula is C20H21O3P. The van der Waals surface area contributed by atoms with Crippen molar-refractivity contribution in [1.29, 1.82) is 0 Å². The van der Waals surface area contributed by atoms with Crippen LogP contribution in [0, 0.1) is 0 Å². The van der Waals surface area contributed by atoms with E-state index in [0.717, 1.165) is 11.1 Å². The van der Waals surface area contributed by atoms with Gasteiger partial charge in [0.2, 0.25) is 0 Å². The Bertz CT molecular complexity index is 861. The van der Waals surface area contributed by atoms with Crippen LogP contribution in [0.5, 0.6) is 0 Å². The first kappa shape index (κ1) is 16.9. The molecule has 2 atom stereocenters. The Morgan fingerprint density at radius 2 is 1.62 bits per heavy atom. The Labute approximate surface area is 142 Å². The van der Waals surface area contributed by atoms with E-state index in [1.54, 1.807) is 0 Å². The number of benzene rings is 3. The molecule has 124 valence electrons. The topological polar surface area (TPSA) is 46.5 Å². The summed E-state index contributed by atoms with van der Waals surface area (Å²) in [5, 5.41) is 2.35. The largest absolute Gasteiger partial charge is 0.332 e. The molecule has 0 heterocycles. The van der Waals surface area contributed by atoms with Crippen LogP contribution in [0.4, 0.5) is 0 Å². The highest BCUT2D eigenvalue weighted by Crippen LogP contribution is 2.46. The summed E-state index contributed by atoms with van der Waals surface area (Å²) < 4.78 is 17.6. The summed E-state index contributed by atoms with van der Waals surface area (Å²) in [5.74, 6) is 0.0471. The summed E-state index contributed by atoms with van der Waals surface area (Å²) in [4.78, 5) is 10.1. The fraction of sp³-hybridized carbons (Fsp3) is 0.200. The third kappa shape index (κ3) is 4.33. The number of rotatable bonds is 6. The SMILES string of the molecule is CC(COP(=O)(O)Cc1ccccc1)c1ccc2ccccc2c1. The molecule has 0 bridgehead atoms. The van der Waals surface area contributed by atoms with Crippen molar-refractivity contribution in [3.05, 3.63) is 83.9 Å². The van der Waals surface area contributed by atoms with Gasteiger partial charge in [-0.3, -0.25) is 4.57 Å². The van der Waals surface area contributed by atoms with Crippen LogP contribution in [0.25, 0.3) is 10.8 Å². The number of hydrogen-bond donors (Lipinski definition) is 1. The molecule has 0 saturated heterocycles. The van der Waals surface area contributed by atoms with Crippen molar-refractivity contribution in [2.24, 2.45) is 0 Å². The van der Waals surface area contributed by atoms with Gasteiger partial charge in [-0.25, -0.2) is 0 Å². The minimum Gasteiger partial charge on any atom is -0.324 e. The Hall–Kier alpha value is -1.93. The highest BCUT2D eigenvalue weighted by atomic mass is 31.2. The van der Waals surface area contributed by atoms with Crippen molar-refractivity contribution in [3.63, 3.8) is 0 Å². The zero-order valence-corrected chi connectivity index (χ0v) is 14.5. The summed E-state index contributed by atoms with van der Waals surface area (Å²) in [6, 6.07) is 23.7. The van der Waals surface area contributed by atoms with Gasteiger partial charge < -0.3 is 9.42 Å². The van der Waals surface area contributed by atoms with E-state index in [1.165, 1.54) is 10.8 Å². The first-order valence-corrected chi connectivity index (χ1v) is 9.79. The molecule has 0 aromatic heterocycles. The highest BCUT2D eigenvalue weighted by molar-refractivity contribution is 7.51. The average Bonchev–Trinajstić information content (AvgIpc) is 2.60. The molecule has 3 aromatic rings. The second-order valence-corrected chi connectivity index (χ2v) is 7.93. The van der Waals surface area contributed by atoms with Gasteiger partial charge in [-0.05, 0) is 21.9 Å². The summed E-state index contributed by atoms with van der Waals surface area (Å²) in [6.45, 7) is 2.23. The molecule has 0 fully saturated rings. The molecule has 24 heavy (non-hydrogen) atoms. The molecule has 0 radical (unpaired) electrons. The maximum Gasteiger partial charge on any atom is 0.332 e. The molecule has 0 aliphatic heterocycles. The Balaban J connectivity index is 1.65. The molecule has 3 nitrogen and oxygen atoms in total. The van der Waals surface area contributed by atoms with E-state index in [4.69, 9.17) is 4.52 Å². The lowest BCUT2D eigenvalue weighted by molar-refractivity contribution is 0.245. The van der Waals surface area contributed by atoms with Crippen LogP contribution in [-0.4, -0.2) is 11.5 Å². The lowest BCUT2D eigenvalue weighted by Crippen LogP contribution is -2.04. The minimum atomic E-state index is -3.64. The second kappa shape index (κ2) is 7.31. The minimum absolute atomic E-state index is 0.0400. The van der Waals surface area contributed by atoms with E-state index in [2.05, 4.69) is 30.3 Å². The van der Waals surface area contributed by atoms with E-state index < -0.39 is 7.60 Å². The monoisotopic (exact) mass is 340 g/mol. The third-order valence-electron chi connectivity index (χ3n) is 4.09. The lowest BCUT2D eigenvalue weighted by atomic mass is 9.99. The van der Waals surface area contributed by atoms with Crippen LogP contribution in [0.2, 0.25) is 0 Å². The maximum atomic E-state index is 12.3. The molecule has 2 unspecified atom stereocenters. The van der Waals surface area contributed by atoms with Gasteiger partial charge in [-0.1, -0.05) is 79.7 Å². The average molecular weight is 340 g/mol. The quantitative estimate of drug-likeness (QED) is 0.616. The van der Waals surface area contributed by atoms with Crippen LogP contribution in [0.1, 0.15) is 24.0 Å². The van der Waals surface area contributed by atoms with Crippen molar-refractivity contribution < 1.29 is 14.0 Å². The fourth-order valence-electron chi connectivity index (χ4n) is 2.70. The molecule has 0 saturated carbocycles. The predicted octanol–water partition coefficient (Wildman–Crippen LogP) is 5.35. The molecule has 1 N–H and O–H groups in total. The normalized spacial score (nSPS) is 15.1. The summed E-state index contributed by atoms with van der Waals surface area (Å²) >= 11 is 0. The van der Waals surface area contributed by atoms with Crippen LogP contribution in [0.3, 0.4) is 0 Å². The van der Waals surface area contributed by atoms with Gasteiger partial charge in [-0.2, -0.15) is 0 Å². The van der Waals surface area contributed by atoms with Gasteiger partial charge in [0, 0.05) is 5.92 Å². The van der Waals surface area contributed by atoms with E-state index >= 15 is 0 Å². The van der Waals surface area contributed by atoms with Crippen LogP contribution < -0.4 is 0 Å². The number of hydrogen-bond acceptors (Lipinski definition) is 2. The van der Waals surface area contributed by atoms with E-state index in [0.29, 0.717) is 0 Å².